The van der Waals surface area contributed by atoms with Crippen LogP contribution in [0.1, 0.15) is 38.3 Å². The van der Waals surface area contributed by atoms with E-state index in [0.717, 1.165) is 19.6 Å². The molecule has 0 saturated carbocycles. The van der Waals surface area contributed by atoms with Gasteiger partial charge in [-0.15, -0.1) is 0 Å². The predicted molar refractivity (Wildman–Crippen MR) is 92.0 cm³/mol. The van der Waals surface area contributed by atoms with Crippen LogP contribution in [-0.2, 0) is 6.54 Å². The number of fused-ring (bicyclic) bond motifs is 1. The van der Waals surface area contributed by atoms with Crippen LogP contribution in [0, 0.1) is 5.41 Å². The number of hydrogen-bond donors (Lipinski definition) is 1. The maximum Gasteiger partial charge on any atom is 0.0683 e. The fourth-order valence-corrected chi connectivity index (χ4v) is 3.20. The van der Waals surface area contributed by atoms with Gasteiger partial charge in [-0.1, -0.05) is 19.9 Å². The molecular formula is C18H28N4. The van der Waals surface area contributed by atoms with Gasteiger partial charge >= 0.3 is 0 Å². The van der Waals surface area contributed by atoms with Crippen molar-refractivity contribution in [3.63, 3.8) is 0 Å². The third-order valence-corrected chi connectivity index (χ3v) is 4.76. The summed E-state index contributed by atoms with van der Waals surface area (Å²) < 4.78 is 2.11. The molecule has 0 amide bonds. The summed E-state index contributed by atoms with van der Waals surface area (Å²) in [6.45, 7) is 7.73. The topological polar surface area (TPSA) is 33.1 Å². The predicted octanol–water partition coefficient (Wildman–Crippen LogP) is 3.05. The summed E-state index contributed by atoms with van der Waals surface area (Å²) in [5, 5.41) is 9.50. The number of aromatic nitrogens is 2. The molecular weight excluding hydrogens is 272 g/mol. The van der Waals surface area contributed by atoms with E-state index >= 15 is 0 Å². The van der Waals surface area contributed by atoms with Crippen molar-refractivity contribution in [3.05, 3.63) is 30.0 Å². The molecule has 1 aromatic carbocycles. The van der Waals surface area contributed by atoms with Crippen molar-refractivity contribution in [3.8, 4) is 0 Å². The van der Waals surface area contributed by atoms with Gasteiger partial charge in [-0.3, -0.25) is 4.68 Å². The maximum absolute atomic E-state index is 4.55. The molecule has 4 heteroatoms. The minimum atomic E-state index is 0.428. The maximum atomic E-state index is 4.55. The second kappa shape index (κ2) is 6.01. The van der Waals surface area contributed by atoms with Gasteiger partial charge < -0.3 is 10.2 Å². The number of piperidine rings is 1. The van der Waals surface area contributed by atoms with E-state index in [4.69, 9.17) is 0 Å². The molecule has 1 aromatic heterocycles. The molecule has 4 nitrogen and oxygen atoms in total. The van der Waals surface area contributed by atoms with Crippen LogP contribution in [0.15, 0.2) is 24.4 Å². The number of nitrogens with one attached hydrogen (secondary N) is 1. The zero-order chi connectivity index (χ0) is 15.7. The molecule has 0 aliphatic carbocycles. The molecule has 2 heterocycles. The van der Waals surface area contributed by atoms with Crippen molar-refractivity contribution in [2.75, 3.05) is 27.2 Å². The Hall–Kier alpha value is -1.39. The first-order valence-electron chi connectivity index (χ1n) is 8.28. The van der Waals surface area contributed by atoms with E-state index in [1.807, 2.05) is 6.20 Å². The molecule has 0 bridgehead atoms. The van der Waals surface area contributed by atoms with Crippen LogP contribution in [0.25, 0.3) is 10.9 Å². The standard InChI is InChI=1S/C18H28N4/c1-18(2)8-7-16(19-13-18)14-5-6-17-15(11-14)12-20-22(17)10-9-21(3)4/h5-6,11-12,16,19H,7-10,13H2,1-4H3/t16-/m0/s1. The fourth-order valence-electron chi connectivity index (χ4n) is 3.20. The molecule has 1 aliphatic heterocycles. The molecule has 1 fully saturated rings. The molecule has 120 valence electrons. The third-order valence-electron chi connectivity index (χ3n) is 4.76. The van der Waals surface area contributed by atoms with Crippen molar-refractivity contribution in [2.45, 2.75) is 39.3 Å². The smallest absolute Gasteiger partial charge is 0.0683 e. The summed E-state index contributed by atoms with van der Waals surface area (Å²) in [6.07, 6.45) is 4.50. The van der Waals surface area contributed by atoms with E-state index in [1.54, 1.807) is 0 Å². The molecule has 0 radical (unpaired) electrons. The van der Waals surface area contributed by atoms with Crippen LogP contribution in [-0.4, -0.2) is 41.9 Å². The minimum absolute atomic E-state index is 0.428. The lowest BCUT2D eigenvalue weighted by atomic mass is 9.81. The summed E-state index contributed by atoms with van der Waals surface area (Å²) >= 11 is 0. The Labute approximate surface area is 133 Å². The fraction of sp³-hybridized carbons (Fsp3) is 0.611. The molecule has 1 N–H and O–H groups in total. The van der Waals surface area contributed by atoms with Crippen LogP contribution in [0.4, 0.5) is 0 Å². The van der Waals surface area contributed by atoms with Crippen LogP contribution in [0.5, 0.6) is 0 Å². The van der Waals surface area contributed by atoms with Gasteiger partial charge in [0.15, 0.2) is 0 Å². The van der Waals surface area contributed by atoms with Gasteiger partial charge in [-0.2, -0.15) is 5.10 Å². The zero-order valence-corrected chi connectivity index (χ0v) is 14.3. The molecule has 1 atom stereocenters. The van der Waals surface area contributed by atoms with Gasteiger partial charge in [0, 0.05) is 24.5 Å². The Balaban J connectivity index is 1.77. The second-order valence-electron chi connectivity index (χ2n) is 7.63. The first kappa shape index (κ1) is 15.5. The largest absolute Gasteiger partial charge is 0.309 e. The van der Waals surface area contributed by atoms with Crippen molar-refractivity contribution in [2.24, 2.45) is 5.41 Å². The van der Waals surface area contributed by atoms with Crippen molar-refractivity contribution in [1.82, 2.24) is 20.0 Å². The number of hydrogen-bond acceptors (Lipinski definition) is 3. The van der Waals surface area contributed by atoms with E-state index < -0.39 is 0 Å². The lowest BCUT2D eigenvalue weighted by molar-refractivity contribution is 0.224. The molecule has 1 saturated heterocycles. The molecule has 1 aliphatic rings. The average Bonchev–Trinajstić information content (AvgIpc) is 2.87. The van der Waals surface area contributed by atoms with Crippen LogP contribution < -0.4 is 5.32 Å². The van der Waals surface area contributed by atoms with Gasteiger partial charge in [-0.05, 0) is 50.0 Å². The Bertz CT molecular complexity index is 632. The highest BCUT2D eigenvalue weighted by Gasteiger charge is 2.27. The Morgan fingerprint density at radius 1 is 1.36 bits per heavy atom. The highest BCUT2D eigenvalue weighted by molar-refractivity contribution is 5.79. The van der Waals surface area contributed by atoms with E-state index in [0.29, 0.717) is 11.5 Å². The van der Waals surface area contributed by atoms with Crippen LogP contribution >= 0.6 is 0 Å². The quantitative estimate of drug-likeness (QED) is 0.942. The van der Waals surface area contributed by atoms with Gasteiger partial charge in [-0.25, -0.2) is 0 Å². The summed E-state index contributed by atoms with van der Waals surface area (Å²) in [5.74, 6) is 0. The average molecular weight is 300 g/mol. The molecule has 0 unspecified atom stereocenters. The SMILES string of the molecule is CN(C)CCn1ncc2cc([C@@H]3CCC(C)(C)CN3)ccc21. The number of nitrogens with zero attached hydrogens (tertiary/aromatic N) is 3. The Morgan fingerprint density at radius 3 is 2.86 bits per heavy atom. The van der Waals surface area contributed by atoms with Crippen molar-refractivity contribution >= 4 is 10.9 Å². The number of benzene rings is 1. The van der Waals surface area contributed by atoms with Gasteiger partial charge in [0.25, 0.3) is 0 Å². The van der Waals surface area contributed by atoms with E-state index in [-0.39, 0.29) is 0 Å². The molecule has 3 rings (SSSR count). The first-order chi connectivity index (χ1) is 10.4. The summed E-state index contributed by atoms with van der Waals surface area (Å²) in [5.41, 5.74) is 3.06. The van der Waals surface area contributed by atoms with E-state index in [9.17, 15) is 0 Å². The van der Waals surface area contributed by atoms with Gasteiger partial charge in [0.1, 0.15) is 0 Å². The molecule has 2 aromatic rings. The monoisotopic (exact) mass is 300 g/mol. The summed E-state index contributed by atoms with van der Waals surface area (Å²) in [4.78, 5) is 2.19. The van der Waals surface area contributed by atoms with Gasteiger partial charge in [0.2, 0.25) is 0 Å². The number of rotatable bonds is 4. The highest BCUT2D eigenvalue weighted by atomic mass is 15.3. The lowest BCUT2D eigenvalue weighted by Crippen LogP contribution is -2.38. The van der Waals surface area contributed by atoms with Crippen LogP contribution in [0.2, 0.25) is 0 Å². The Kier molecular flexibility index (Phi) is 4.24. The summed E-state index contributed by atoms with van der Waals surface area (Å²) in [7, 11) is 4.19. The zero-order valence-electron chi connectivity index (χ0n) is 14.3. The minimum Gasteiger partial charge on any atom is -0.309 e. The molecule has 0 spiro atoms. The third kappa shape index (κ3) is 3.33. The van der Waals surface area contributed by atoms with E-state index in [2.05, 4.69) is 66.1 Å². The first-order valence-corrected chi connectivity index (χ1v) is 8.28. The van der Waals surface area contributed by atoms with Gasteiger partial charge in [0.05, 0.1) is 18.3 Å². The molecule has 22 heavy (non-hydrogen) atoms. The summed E-state index contributed by atoms with van der Waals surface area (Å²) in [6, 6.07) is 7.30. The van der Waals surface area contributed by atoms with Crippen molar-refractivity contribution < 1.29 is 0 Å². The second-order valence-corrected chi connectivity index (χ2v) is 7.63. The lowest BCUT2D eigenvalue weighted by Gasteiger charge is -2.35. The van der Waals surface area contributed by atoms with E-state index in [1.165, 1.54) is 29.3 Å². The normalized spacial score (nSPS) is 21.6. The van der Waals surface area contributed by atoms with Crippen LogP contribution in [0.3, 0.4) is 0 Å². The Morgan fingerprint density at radius 2 is 2.18 bits per heavy atom. The van der Waals surface area contributed by atoms with Crippen molar-refractivity contribution in [1.29, 1.82) is 0 Å². The number of likely N-dealkylation sites (N-methyl/N-ethyl adjacent to an activating group) is 1. The highest BCUT2D eigenvalue weighted by Crippen LogP contribution is 2.33.